The Morgan fingerprint density at radius 1 is 1.25 bits per heavy atom. The molecule has 0 bridgehead atoms. The van der Waals surface area contributed by atoms with Gasteiger partial charge in [0.25, 0.3) is 0 Å². The van der Waals surface area contributed by atoms with Gasteiger partial charge in [-0.1, -0.05) is 12.1 Å². The smallest absolute Gasteiger partial charge is 0.146 e. The lowest BCUT2D eigenvalue weighted by molar-refractivity contribution is 0.415. The zero-order chi connectivity index (χ0) is 14.1. The molecular formula is C15H14BrN3O. The molecule has 0 spiro atoms. The summed E-state index contributed by atoms with van der Waals surface area (Å²) < 4.78 is 8.17. The van der Waals surface area contributed by atoms with Gasteiger partial charge in [0.05, 0.1) is 18.3 Å². The predicted molar refractivity (Wildman–Crippen MR) is 84.4 cm³/mol. The maximum absolute atomic E-state index is 5.28. The van der Waals surface area contributed by atoms with Crippen LogP contribution in [0, 0.1) is 0 Å². The number of hydrogen-bond donors (Lipinski definition) is 1. The number of imidazole rings is 1. The van der Waals surface area contributed by atoms with E-state index < -0.39 is 0 Å². The van der Waals surface area contributed by atoms with E-state index in [0.717, 1.165) is 32.9 Å². The standard InChI is InChI=1S/C15H14BrN3O/c1-17-11-6-7-13-14(16)18-15(19(13)9-11)10-4-3-5-12(8-10)20-2/h3-9,17H,1-2H3. The minimum atomic E-state index is 0.820. The molecule has 102 valence electrons. The van der Waals surface area contributed by atoms with E-state index in [9.17, 15) is 0 Å². The topological polar surface area (TPSA) is 38.6 Å². The highest BCUT2D eigenvalue weighted by atomic mass is 79.9. The molecule has 20 heavy (non-hydrogen) atoms. The van der Waals surface area contributed by atoms with Crippen molar-refractivity contribution in [2.45, 2.75) is 0 Å². The summed E-state index contributed by atoms with van der Waals surface area (Å²) in [5.41, 5.74) is 3.08. The van der Waals surface area contributed by atoms with Gasteiger partial charge in [0.15, 0.2) is 0 Å². The first-order chi connectivity index (χ1) is 9.72. The molecule has 0 aliphatic heterocycles. The minimum absolute atomic E-state index is 0.820. The quantitative estimate of drug-likeness (QED) is 0.793. The van der Waals surface area contributed by atoms with Crippen LogP contribution < -0.4 is 10.1 Å². The molecule has 1 N–H and O–H groups in total. The van der Waals surface area contributed by atoms with E-state index in [1.807, 2.05) is 49.6 Å². The van der Waals surface area contributed by atoms with Crippen LogP contribution in [0.1, 0.15) is 0 Å². The van der Waals surface area contributed by atoms with Crippen LogP contribution in [0.25, 0.3) is 16.9 Å². The molecule has 1 aromatic carbocycles. The lowest BCUT2D eigenvalue weighted by Gasteiger charge is -2.06. The first-order valence-electron chi connectivity index (χ1n) is 6.22. The fraction of sp³-hybridized carbons (Fsp3) is 0.133. The number of fused-ring (bicyclic) bond motifs is 1. The van der Waals surface area contributed by atoms with Crippen molar-refractivity contribution >= 4 is 27.1 Å². The van der Waals surface area contributed by atoms with Crippen LogP contribution in [0.5, 0.6) is 5.75 Å². The second kappa shape index (κ2) is 5.17. The molecule has 0 saturated heterocycles. The van der Waals surface area contributed by atoms with Crippen LogP contribution >= 0.6 is 15.9 Å². The van der Waals surface area contributed by atoms with Gasteiger partial charge in [-0.25, -0.2) is 4.98 Å². The number of anilines is 1. The molecule has 0 amide bonds. The molecule has 0 saturated carbocycles. The van der Waals surface area contributed by atoms with Gasteiger partial charge in [-0.3, -0.25) is 4.40 Å². The predicted octanol–water partition coefficient (Wildman–Crippen LogP) is 3.81. The number of methoxy groups -OCH3 is 1. The van der Waals surface area contributed by atoms with E-state index in [4.69, 9.17) is 4.74 Å². The summed E-state index contributed by atoms with van der Waals surface area (Å²) in [6, 6.07) is 11.9. The van der Waals surface area contributed by atoms with Crippen molar-refractivity contribution in [2.75, 3.05) is 19.5 Å². The van der Waals surface area contributed by atoms with Crippen LogP contribution in [-0.4, -0.2) is 23.5 Å². The lowest BCUT2D eigenvalue weighted by Crippen LogP contribution is -1.94. The Hall–Kier alpha value is -2.01. The van der Waals surface area contributed by atoms with Gasteiger partial charge in [0, 0.05) is 18.8 Å². The van der Waals surface area contributed by atoms with Crippen molar-refractivity contribution in [3.05, 3.63) is 47.2 Å². The fourth-order valence-corrected chi connectivity index (χ4v) is 2.65. The molecule has 0 aliphatic carbocycles. The van der Waals surface area contributed by atoms with Crippen molar-refractivity contribution < 1.29 is 4.74 Å². The Bertz CT molecular complexity index is 767. The largest absolute Gasteiger partial charge is 0.497 e. The first-order valence-corrected chi connectivity index (χ1v) is 7.02. The third-order valence-electron chi connectivity index (χ3n) is 3.21. The highest BCUT2D eigenvalue weighted by Crippen LogP contribution is 2.29. The number of pyridine rings is 1. The zero-order valence-electron chi connectivity index (χ0n) is 11.2. The third kappa shape index (κ3) is 2.14. The van der Waals surface area contributed by atoms with Crippen LogP contribution in [0.15, 0.2) is 47.2 Å². The molecule has 5 heteroatoms. The summed E-state index contributed by atoms with van der Waals surface area (Å²) in [7, 11) is 3.57. The van der Waals surface area contributed by atoms with Gasteiger partial charge in [0.2, 0.25) is 0 Å². The van der Waals surface area contributed by atoms with Crippen molar-refractivity contribution in [3.63, 3.8) is 0 Å². The summed E-state index contributed by atoms with van der Waals surface area (Å²) in [6.45, 7) is 0. The molecule has 3 aromatic rings. The Balaban J connectivity index is 2.24. The summed E-state index contributed by atoms with van der Waals surface area (Å²) in [6.07, 6.45) is 2.03. The molecule has 0 unspecified atom stereocenters. The van der Waals surface area contributed by atoms with Gasteiger partial charge < -0.3 is 10.1 Å². The van der Waals surface area contributed by atoms with Gasteiger partial charge in [-0.05, 0) is 40.2 Å². The number of benzene rings is 1. The maximum atomic E-state index is 5.28. The van der Waals surface area contributed by atoms with Crippen molar-refractivity contribution in [2.24, 2.45) is 0 Å². The Labute approximate surface area is 125 Å². The highest BCUT2D eigenvalue weighted by molar-refractivity contribution is 9.10. The maximum Gasteiger partial charge on any atom is 0.146 e. The van der Waals surface area contributed by atoms with E-state index >= 15 is 0 Å². The molecule has 2 heterocycles. The van der Waals surface area contributed by atoms with Gasteiger partial charge in [-0.15, -0.1) is 0 Å². The number of nitrogens with zero attached hydrogens (tertiary/aromatic N) is 2. The lowest BCUT2D eigenvalue weighted by atomic mass is 10.2. The fourth-order valence-electron chi connectivity index (χ4n) is 2.16. The number of nitrogens with one attached hydrogen (secondary N) is 1. The third-order valence-corrected chi connectivity index (χ3v) is 3.79. The van der Waals surface area contributed by atoms with E-state index in [-0.39, 0.29) is 0 Å². The van der Waals surface area contributed by atoms with Crippen LogP contribution in [-0.2, 0) is 0 Å². The molecule has 3 rings (SSSR count). The van der Waals surface area contributed by atoms with Gasteiger partial charge in [-0.2, -0.15) is 0 Å². The van der Waals surface area contributed by atoms with Crippen LogP contribution in [0.2, 0.25) is 0 Å². The molecule has 4 nitrogen and oxygen atoms in total. The molecule has 0 radical (unpaired) electrons. The second-order valence-electron chi connectivity index (χ2n) is 4.38. The number of ether oxygens (including phenoxy) is 1. The monoisotopic (exact) mass is 331 g/mol. The van der Waals surface area contributed by atoms with E-state index in [0.29, 0.717) is 0 Å². The molecule has 2 aromatic heterocycles. The van der Waals surface area contributed by atoms with E-state index in [1.54, 1.807) is 7.11 Å². The average Bonchev–Trinajstić information content (AvgIpc) is 2.84. The average molecular weight is 332 g/mol. The second-order valence-corrected chi connectivity index (χ2v) is 5.13. The summed E-state index contributed by atoms with van der Waals surface area (Å²) in [5.74, 6) is 1.70. The normalized spacial score (nSPS) is 10.8. The summed E-state index contributed by atoms with van der Waals surface area (Å²) in [4.78, 5) is 4.61. The van der Waals surface area contributed by atoms with Gasteiger partial charge in [0.1, 0.15) is 16.2 Å². The number of aromatic nitrogens is 2. The minimum Gasteiger partial charge on any atom is -0.497 e. The van der Waals surface area contributed by atoms with Crippen LogP contribution in [0.3, 0.4) is 0 Å². The molecule has 0 atom stereocenters. The Morgan fingerprint density at radius 2 is 2.10 bits per heavy atom. The number of hydrogen-bond acceptors (Lipinski definition) is 3. The summed E-state index contributed by atoms with van der Waals surface area (Å²) in [5, 5.41) is 3.14. The number of rotatable bonds is 3. The van der Waals surface area contributed by atoms with Gasteiger partial charge >= 0.3 is 0 Å². The zero-order valence-corrected chi connectivity index (χ0v) is 12.8. The summed E-state index contributed by atoms with van der Waals surface area (Å²) >= 11 is 3.51. The first kappa shape index (κ1) is 13.0. The van der Waals surface area contributed by atoms with Crippen molar-refractivity contribution in [3.8, 4) is 17.1 Å². The van der Waals surface area contributed by atoms with E-state index in [1.165, 1.54) is 0 Å². The molecule has 0 fully saturated rings. The Kier molecular flexibility index (Phi) is 3.36. The molecular weight excluding hydrogens is 318 g/mol. The van der Waals surface area contributed by atoms with E-state index in [2.05, 4.69) is 30.6 Å². The van der Waals surface area contributed by atoms with Crippen molar-refractivity contribution in [1.82, 2.24) is 9.38 Å². The van der Waals surface area contributed by atoms with Crippen LogP contribution in [0.4, 0.5) is 5.69 Å². The Morgan fingerprint density at radius 3 is 2.85 bits per heavy atom. The highest BCUT2D eigenvalue weighted by Gasteiger charge is 2.11. The van der Waals surface area contributed by atoms with Crippen molar-refractivity contribution in [1.29, 1.82) is 0 Å². The molecule has 0 aliphatic rings. The number of halogens is 1. The SMILES string of the molecule is CNc1ccc2c(Br)nc(-c3cccc(OC)c3)n2c1.